The van der Waals surface area contributed by atoms with Gasteiger partial charge in [-0.05, 0) is 17.3 Å². The molecule has 2 heterocycles. The monoisotopic (exact) mass is 347 g/mol. The van der Waals surface area contributed by atoms with Crippen molar-refractivity contribution in [2.24, 2.45) is 10.8 Å². The van der Waals surface area contributed by atoms with E-state index < -0.39 is 0 Å². The number of hydrogen-bond donors (Lipinski definition) is 2. The van der Waals surface area contributed by atoms with Crippen molar-refractivity contribution in [1.29, 1.82) is 0 Å². The Kier molecular flexibility index (Phi) is 5.55. The molecule has 2 N–H and O–H groups in total. The number of carbonyl (C=O) groups is 1. The van der Waals surface area contributed by atoms with Gasteiger partial charge in [-0.25, -0.2) is 9.78 Å². The van der Waals surface area contributed by atoms with Crippen LogP contribution in [-0.4, -0.2) is 26.8 Å². The smallest absolute Gasteiger partial charge is 0.321 e. The molecule has 0 saturated carbocycles. The number of urea groups is 1. The lowest BCUT2D eigenvalue weighted by molar-refractivity contribution is 0.218. The molecule has 0 saturated heterocycles. The van der Waals surface area contributed by atoms with Crippen molar-refractivity contribution < 1.29 is 9.32 Å². The Morgan fingerprint density at radius 2 is 2.00 bits per heavy atom. The van der Waals surface area contributed by atoms with Crippen LogP contribution < -0.4 is 10.6 Å². The zero-order valence-corrected chi connectivity index (χ0v) is 16.0. The van der Waals surface area contributed by atoms with Gasteiger partial charge >= 0.3 is 6.03 Å². The van der Waals surface area contributed by atoms with Crippen LogP contribution in [-0.2, 0) is 13.0 Å². The van der Waals surface area contributed by atoms with Crippen molar-refractivity contribution in [3.05, 3.63) is 30.5 Å². The van der Waals surface area contributed by atoms with Crippen LogP contribution in [0.15, 0.2) is 29.3 Å². The standard InChI is InChI=1S/C18H29N5O2/c1-17(2,3)10-13-9-15(25-22-13)21-16(24)20-14(18(4,5)6)11-23-8-7-19-12-23/h7-9,12,14H,10-11H2,1-6H3,(H2,20,21,24)/t14-/m1/s1. The van der Waals surface area contributed by atoms with Gasteiger partial charge in [0.05, 0.1) is 18.1 Å². The summed E-state index contributed by atoms with van der Waals surface area (Å²) in [5.74, 6) is 0.354. The summed E-state index contributed by atoms with van der Waals surface area (Å²) >= 11 is 0. The average Bonchev–Trinajstić information content (AvgIpc) is 3.07. The minimum absolute atomic E-state index is 0.0707. The van der Waals surface area contributed by atoms with Crippen molar-refractivity contribution in [2.45, 2.75) is 60.5 Å². The molecule has 0 aromatic carbocycles. The molecule has 0 unspecified atom stereocenters. The van der Waals surface area contributed by atoms with E-state index >= 15 is 0 Å². The van der Waals surface area contributed by atoms with Gasteiger partial charge in [-0.1, -0.05) is 46.7 Å². The van der Waals surface area contributed by atoms with Crippen LogP contribution in [0.1, 0.15) is 47.2 Å². The average molecular weight is 347 g/mol. The summed E-state index contributed by atoms with van der Waals surface area (Å²) in [6.45, 7) is 13.3. The maximum absolute atomic E-state index is 12.4. The van der Waals surface area contributed by atoms with Gasteiger partial charge in [0.25, 0.3) is 0 Å². The van der Waals surface area contributed by atoms with E-state index in [0.29, 0.717) is 12.4 Å². The van der Waals surface area contributed by atoms with E-state index in [9.17, 15) is 4.79 Å². The van der Waals surface area contributed by atoms with Gasteiger partial charge in [-0.15, -0.1) is 0 Å². The van der Waals surface area contributed by atoms with Crippen molar-refractivity contribution in [2.75, 3.05) is 5.32 Å². The van der Waals surface area contributed by atoms with Crippen molar-refractivity contribution in [3.8, 4) is 0 Å². The molecule has 0 aliphatic carbocycles. The van der Waals surface area contributed by atoms with Gasteiger partial charge in [0.1, 0.15) is 0 Å². The molecule has 0 radical (unpaired) electrons. The maximum Gasteiger partial charge on any atom is 0.321 e. The van der Waals surface area contributed by atoms with Crippen LogP contribution in [0, 0.1) is 10.8 Å². The van der Waals surface area contributed by atoms with Gasteiger partial charge in [-0.2, -0.15) is 0 Å². The van der Waals surface area contributed by atoms with E-state index in [2.05, 4.69) is 62.3 Å². The fourth-order valence-corrected chi connectivity index (χ4v) is 2.45. The van der Waals surface area contributed by atoms with E-state index in [0.717, 1.165) is 12.1 Å². The third kappa shape index (κ3) is 6.25. The number of aromatic nitrogens is 3. The number of nitrogens with one attached hydrogen (secondary N) is 2. The minimum atomic E-state index is -0.307. The van der Waals surface area contributed by atoms with E-state index in [-0.39, 0.29) is 22.9 Å². The number of rotatable bonds is 5. The molecule has 138 valence electrons. The Hall–Kier alpha value is -2.31. The first-order chi connectivity index (χ1) is 11.5. The second-order valence-corrected chi connectivity index (χ2v) is 8.70. The molecule has 2 aromatic rings. The summed E-state index contributed by atoms with van der Waals surface area (Å²) in [6, 6.07) is 1.39. The predicted octanol–water partition coefficient (Wildman–Crippen LogP) is 3.70. The lowest BCUT2D eigenvalue weighted by Crippen LogP contribution is -2.47. The Labute approximate surface area is 149 Å². The largest absolute Gasteiger partial charge is 0.338 e. The molecule has 25 heavy (non-hydrogen) atoms. The van der Waals surface area contributed by atoms with E-state index in [1.807, 2.05) is 10.8 Å². The highest BCUT2D eigenvalue weighted by molar-refractivity contribution is 5.88. The molecule has 1 atom stereocenters. The number of imidazole rings is 1. The van der Waals surface area contributed by atoms with Gasteiger partial charge in [0, 0.05) is 25.0 Å². The highest BCUT2D eigenvalue weighted by Crippen LogP contribution is 2.23. The van der Waals surface area contributed by atoms with Crippen molar-refractivity contribution in [1.82, 2.24) is 20.0 Å². The zero-order valence-electron chi connectivity index (χ0n) is 16.0. The van der Waals surface area contributed by atoms with E-state index in [1.165, 1.54) is 0 Å². The van der Waals surface area contributed by atoms with Gasteiger partial charge < -0.3 is 14.4 Å². The molecule has 0 spiro atoms. The first-order valence-corrected chi connectivity index (χ1v) is 8.52. The molecular weight excluding hydrogens is 318 g/mol. The van der Waals surface area contributed by atoms with E-state index in [1.54, 1.807) is 18.6 Å². The van der Waals surface area contributed by atoms with Gasteiger partial charge in [0.15, 0.2) is 0 Å². The van der Waals surface area contributed by atoms with Crippen molar-refractivity contribution >= 4 is 11.9 Å². The molecule has 0 fully saturated rings. The second kappa shape index (κ2) is 7.29. The topological polar surface area (TPSA) is 85.0 Å². The maximum atomic E-state index is 12.4. The third-order valence-corrected chi connectivity index (χ3v) is 3.81. The summed E-state index contributed by atoms with van der Waals surface area (Å²) in [4.78, 5) is 16.4. The predicted molar refractivity (Wildman–Crippen MR) is 97.3 cm³/mol. The first-order valence-electron chi connectivity index (χ1n) is 8.52. The first kappa shape index (κ1) is 19.0. The van der Waals surface area contributed by atoms with Crippen LogP contribution in [0.25, 0.3) is 0 Å². The SMILES string of the molecule is CC(C)(C)Cc1cc(NC(=O)N[C@H](Cn2ccnc2)C(C)(C)C)on1. The molecule has 0 bridgehead atoms. The Morgan fingerprint density at radius 1 is 1.28 bits per heavy atom. The number of hydrogen-bond acceptors (Lipinski definition) is 4. The quantitative estimate of drug-likeness (QED) is 0.864. The molecule has 2 amide bonds. The Bertz CT molecular complexity index is 677. The molecule has 7 heteroatoms. The van der Waals surface area contributed by atoms with Crippen LogP contribution >= 0.6 is 0 Å². The highest BCUT2D eigenvalue weighted by atomic mass is 16.5. The summed E-state index contributed by atoms with van der Waals surface area (Å²) < 4.78 is 7.17. The Morgan fingerprint density at radius 3 is 2.56 bits per heavy atom. The van der Waals surface area contributed by atoms with Crippen molar-refractivity contribution in [3.63, 3.8) is 0 Å². The minimum Gasteiger partial charge on any atom is -0.338 e. The molecule has 0 aliphatic heterocycles. The summed E-state index contributed by atoms with van der Waals surface area (Å²) in [7, 11) is 0. The fourth-order valence-electron chi connectivity index (χ4n) is 2.45. The molecule has 7 nitrogen and oxygen atoms in total. The number of anilines is 1. The van der Waals surface area contributed by atoms with Crippen LogP contribution in [0.2, 0.25) is 0 Å². The zero-order chi connectivity index (χ0) is 18.7. The summed E-state index contributed by atoms with van der Waals surface area (Å²) in [5.41, 5.74) is 0.826. The molecule has 2 rings (SSSR count). The molecule has 2 aromatic heterocycles. The lowest BCUT2D eigenvalue weighted by atomic mass is 9.86. The van der Waals surface area contributed by atoms with Crippen LogP contribution in [0.5, 0.6) is 0 Å². The highest BCUT2D eigenvalue weighted by Gasteiger charge is 2.27. The van der Waals surface area contributed by atoms with E-state index in [4.69, 9.17) is 4.52 Å². The third-order valence-electron chi connectivity index (χ3n) is 3.81. The number of carbonyl (C=O) groups excluding carboxylic acids is 1. The van der Waals surface area contributed by atoms with Gasteiger partial charge in [0.2, 0.25) is 5.88 Å². The van der Waals surface area contributed by atoms with Gasteiger partial charge in [-0.3, -0.25) is 5.32 Å². The van der Waals surface area contributed by atoms with Crippen LogP contribution in [0.3, 0.4) is 0 Å². The second-order valence-electron chi connectivity index (χ2n) is 8.70. The summed E-state index contributed by atoms with van der Waals surface area (Å²) in [5, 5.41) is 9.75. The molecular formula is C18H29N5O2. The number of amides is 2. The fraction of sp³-hybridized carbons (Fsp3) is 0.611. The lowest BCUT2D eigenvalue weighted by Gasteiger charge is -2.31. The Balaban J connectivity index is 1.97. The summed E-state index contributed by atoms with van der Waals surface area (Å²) in [6.07, 6.45) is 6.14. The number of nitrogens with zero attached hydrogens (tertiary/aromatic N) is 3. The normalized spacial score (nSPS) is 13.5. The molecule has 0 aliphatic rings. The van der Waals surface area contributed by atoms with Crippen LogP contribution in [0.4, 0.5) is 10.7 Å².